The van der Waals surface area contributed by atoms with E-state index in [9.17, 15) is 0 Å². The van der Waals surface area contributed by atoms with Crippen LogP contribution in [0.25, 0.3) is 21.8 Å². The third kappa shape index (κ3) is 3.49. The number of aryl methyl sites for hydroxylation is 2. The Bertz CT molecular complexity index is 1240. The van der Waals surface area contributed by atoms with E-state index >= 15 is 0 Å². The molecule has 0 spiro atoms. The van der Waals surface area contributed by atoms with Crippen molar-refractivity contribution in [1.82, 2.24) is 15.3 Å². The Labute approximate surface area is 168 Å². The van der Waals surface area contributed by atoms with Gasteiger partial charge in [-0.25, -0.2) is 0 Å². The summed E-state index contributed by atoms with van der Waals surface area (Å²) in [6, 6.07) is 16.7. The summed E-state index contributed by atoms with van der Waals surface area (Å²) in [5.41, 5.74) is 12.1. The third-order valence-corrected chi connectivity index (χ3v) is 5.50. The zero-order chi connectivity index (χ0) is 19.8. The van der Waals surface area contributed by atoms with Crippen LogP contribution in [0.3, 0.4) is 0 Å². The molecular weight excluding hydrogens is 360 g/mol. The first-order valence-corrected chi connectivity index (χ1v) is 10.0. The number of aromatic nitrogens is 2. The number of fused-ring (bicyclic) bond motifs is 2. The number of H-pyrrole nitrogens is 2. The van der Waals surface area contributed by atoms with Gasteiger partial charge in [-0.2, -0.15) is 0 Å². The molecule has 5 rings (SSSR count). The van der Waals surface area contributed by atoms with E-state index in [4.69, 9.17) is 11.1 Å². The Hall–Kier alpha value is -3.54. The first kappa shape index (κ1) is 17.6. The van der Waals surface area contributed by atoms with Crippen LogP contribution in [-0.4, -0.2) is 34.7 Å². The van der Waals surface area contributed by atoms with Crippen molar-refractivity contribution in [3.8, 4) is 0 Å². The molecule has 0 bridgehead atoms. The molecule has 0 aliphatic carbocycles. The van der Waals surface area contributed by atoms with E-state index in [-0.39, 0.29) is 5.84 Å². The summed E-state index contributed by atoms with van der Waals surface area (Å²) in [6.45, 7) is 1.89. The van der Waals surface area contributed by atoms with Gasteiger partial charge in [0.25, 0.3) is 0 Å². The summed E-state index contributed by atoms with van der Waals surface area (Å²) in [6.07, 6.45) is 2.94. The topological polar surface area (TPSA) is 106 Å². The number of amidine groups is 2. The Morgan fingerprint density at radius 1 is 0.931 bits per heavy atom. The van der Waals surface area contributed by atoms with Crippen molar-refractivity contribution in [1.29, 1.82) is 5.41 Å². The second kappa shape index (κ2) is 7.13. The molecule has 2 aromatic heterocycles. The van der Waals surface area contributed by atoms with Crippen LogP contribution in [0, 0.1) is 5.41 Å². The van der Waals surface area contributed by atoms with Gasteiger partial charge in [0.05, 0.1) is 0 Å². The fraction of sp³-hybridized carbons (Fsp3) is 0.217. The number of nitrogens with two attached hydrogens (primary N) is 1. The van der Waals surface area contributed by atoms with Crippen molar-refractivity contribution in [3.05, 3.63) is 71.0 Å². The molecule has 4 aromatic rings. The van der Waals surface area contributed by atoms with Gasteiger partial charge in [0, 0.05) is 46.6 Å². The average molecular weight is 384 g/mol. The molecule has 29 heavy (non-hydrogen) atoms. The molecule has 0 amide bonds. The van der Waals surface area contributed by atoms with Crippen LogP contribution in [-0.2, 0) is 12.8 Å². The van der Waals surface area contributed by atoms with Crippen molar-refractivity contribution >= 4 is 33.5 Å². The van der Waals surface area contributed by atoms with Crippen LogP contribution in [0.5, 0.6) is 0 Å². The van der Waals surface area contributed by atoms with Crippen LogP contribution in [0.1, 0.15) is 28.9 Å². The number of nitrogens with one attached hydrogen (secondary N) is 4. The lowest BCUT2D eigenvalue weighted by molar-refractivity contribution is 0.742. The summed E-state index contributed by atoms with van der Waals surface area (Å²) in [4.78, 5) is 11.6. The highest BCUT2D eigenvalue weighted by atomic mass is 15.0. The summed E-state index contributed by atoms with van der Waals surface area (Å²) < 4.78 is 0. The molecule has 0 radical (unpaired) electrons. The van der Waals surface area contributed by atoms with Gasteiger partial charge in [0.2, 0.25) is 0 Å². The zero-order valence-electron chi connectivity index (χ0n) is 16.2. The molecule has 146 valence electrons. The van der Waals surface area contributed by atoms with Crippen molar-refractivity contribution in [2.24, 2.45) is 10.7 Å². The number of aromatic amines is 2. The summed E-state index contributed by atoms with van der Waals surface area (Å²) in [7, 11) is 0. The third-order valence-electron chi connectivity index (χ3n) is 5.50. The SMILES string of the molecule is N=C(N)c1ccc2cc(CCc3cc4ccc(C5=NCCCN5)cc4[nH]3)[nH]c2c1. The van der Waals surface area contributed by atoms with Gasteiger partial charge in [-0.3, -0.25) is 10.4 Å². The van der Waals surface area contributed by atoms with E-state index < -0.39 is 0 Å². The lowest BCUT2D eigenvalue weighted by atomic mass is 10.1. The van der Waals surface area contributed by atoms with Gasteiger partial charge in [-0.05, 0) is 54.3 Å². The molecule has 0 saturated carbocycles. The fourth-order valence-corrected chi connectivity index (χ4v) is 3.95. The quantitative estimate of drug-likeness (QED) is 0.268. The standard InChI is InChI=1S/C23H24N6/c24-22(25)16-4-2-14-10-18(28-20(14)12-16)6-7-19-11-15-3-5-17(13-21(15)29-19)23-26-8-1-9-27-23/h2-5,10-13,28-29H,1,6-9H2,(H3,24,25)(H,26,27). The van der Waals surface area contributed by atoms with Gasteiger partial charge in [0.1, 0.15) is 11.7 Å². The van der Waals surface area contributed by atoms with Crippen molar-refractivity contribution in [3.63, 3.8) is 0 Å². The lowest BCUT2D eigenvalue weighted by Crippen LogP contribution is -2.30. The second-order valence-electron chi connectivity index (χ2n) is 7.62. The predicted molar refractivity (Wildman–Crippen MR) is 119 cm³/mol. The summed E-state index contributed by atoms with van der Waals surface area (Å²) in [5.74, 6) is 1.09. The highest BCUT2D eigenvalue weighted by Gasteiger charge is 2.10. The molecule has 6 heteroatoms. The minimum absolute atomic E-state index is 0.0925. The van der Waals surface area contributed by atoms with Crippen LogP contribution in [0.2, 0.25) is 0 Å². The first-order chi connectivity index (χ1) is 14.2. The van der Waals surface area contributed by atoms with Crippen LogP contribution < -0.4 is 11.1 Å². The minimum Gasteiger partial charge on any atom is -0.384 e. The maximum Gasteiger partial charge on any atom is 0.128 e. The van der Waals surface area contributed by atoms with E-state index in [1.54, 1.807) is 0 Å². The Balaban J connectivity index is 1.34. The molecule has 0 fully saturated rings. The van der Waals surface area contributed by atoms with E-state index in [1.807, 2.05) is 18.2 Å². The van der Waals surface area contributed by atoms with Gasteiger partial charge in [0.15, 0.2) is 0 Å². The minimum atomic E-state index is 0.0925. The van der Waals surface area contributed by atoms with E-state index in [2.05, 4.69) is 50.6 Å². The molecule has 6 N–H and O–H groups in total. The predicted octanol–water partition coefficient (Wildman–Crippen LogP) is 3.46. The van der Waals surface area contributed by atoms with Crippen molar-refractivity contribution in [2.45, 2.75) is 19.3 Å². The molecule has 1 aliphatic rings. The van der Waals surface area contributed by atoms with Gasteiger partial charge in [-0.15, -0.1) is 0 Å². The Morgan fingerprint density at radius 2 is 1.62 bits per heavy atom. The zero-order valence-corrected chi connectivity index (χ0v) is 16.2. The highest BCUT2D eigenvalue weighted by Crippen LogP contribution is 2.21. The summed E-state index contributed by atoms with van der Waals surface area (Å²) >= 11 is 0. The monoisotopic (exact) mass is 384 g/mol. The molecule has 0 saturated heterocycles. The average Bonchev–Trinajstić information content (AvgIpc) is 3.34. The lowest BCUT2D eigenvalue weighted by Gasteiger charge is -2.14. The fourth-order valence-electron chi connectivity index (χ4n) is 3.95. The van der Waals surface area contributed by atoms with Crippen LogP contribution >= 0.6 is 0 Å². The molecule has 1 aliphatic heterocycles. The maximum absolute atomic E-state index is 7.59. The number of rotatable bonds is 5. The van der Waals surface area contributed by atoms with E-state index in [1.165, 1.54) is 16.8 Å². The maximum atomic E-state index is 7.59. The summed E-state index contributed by atoms with van der Waals surface area (Å²) in [5, 5.41) is 13.4. The van der Waals surface area contributed by atoms with Gasteiger partial charge >= 0.3 is 0 Å². The number of nitrogen functional groups attached to an aromatic ring is 1. The van der Waals surface area contributed by atoms with Crippen molar-refractivity contribution < 1.29 is 0 Å². The molecular formula is C23H24N6. The van der Waals surface area contributed by atoms with E-state index in [0.717, 1.165) is 65.7 Å². The first-order valence-electron chi connectivity index (χ1n) is 10.0. The van der Waals surface area contributed by atoms with E-state index in [0.29, 0.717) is 0 Å². The number of nitrogens with zero attached hydrogens (tertiary/aromatic N) is 1. The van der Waals surface area contributed by atoms with Crippen LogP contribution in [0.15, 0.2) is 53.5 Å². The Morgan fingerprint density at radius 3 is 2.28 bits per heavy atom. The number of hydrogen-bond donors (Lipinski definition) is 5. The normalized spacial score (nSPS) is 14.1. The molecule has 0 atom stereocenters. The number of hydrogen-bond acceptors (Lipinski definition) is 3. The smallest absolute Gasteiger partial charge is 0.128 e. The van der Waals surface area contributed by atoms with Crippen LogP contribution in [0.4, 0.5) is 0 Å². The molecule has 6 nitrogen and oxygen atoms in total. The highest BCUT2D eigenvalue weighted by molar-refractivity contribution is 6.02. The Kier molecular flexibility index (Phi) is 4.31. The number of aliphatic imine (C=N–C) groups is 1. The second-order valence-corrected chi connectivity index (χ2v) is 7.62. The van der Waals surface area contributed by atoms with Gasteiger partial charge in [-0.1, -0.05) is 24.3 Å². The molecule has 0 unspecified atom stereocenters. The van der Waals surface area contributed by atoms with Gasteiger partial charge < -0.3 is 21.0 Å². The van der Waals surface area contributed by atoms with Crippen molar-refractivity contribution in [2.75, 3.05) is 13.1 Å². The largest absolute Gasteiger partial charge is 0.384 e. The number of benzene rings is 2. The molecule has 3 heterocycles. The molecule has 2 aromatic carbocycles.